The molecule has 6 nitrogen and oxygen atoms in total. The van der Waals surface area contributed by atoms with E-state index in [4.69, 9.17) is 14.2 Å². The zero-order chi connectivity index (χ0) is 42.3. The Labute approximate surface area is 357 Å². The van der Waals surface area contributed by atoms with Gasteiger partial charge in [0.15, 0.2) is 0 Å². The van der Waals surface area contributed by atoms with E-state index in [9.17, 15) is 14.4 Å². The highest BCUT2D eigenvalue weighted by molar-refractivity contribution is 6.11. The predicted molar refractivity (Wildman–Crippen MR) is 244 cm³/mol. The van der Waals surface area contributed by atoms with Crippen molar-refractivity contribution in [2.45, 2.75) is 71.1 Å². The molecule has 0 atom stereocenters. The van der Waals surface area contributed by atoms with Crippen molar-refractivity contribution in [1.82, 2.24) is 0 Å². The monoisotopic (exact) mass is 806 g/mol. The number of esters is 3. The molecule has 6 heteroatoms. The number of carbonyl (C=O) groups excluding carboxylic acids is 3. The van der Waals surface area contributed by atoms with Gasteiger partial charge in [-0.3, -0.25) is 0 Å². The van der Waals surface area contributed by atoms with E-state index in [1.807, 2.05) is 103 Å². The standard InChI is InChI=1S/C55H50O6/c1-4-5-6-11-37-16-18-38(19-17-37)39-20-24-44(25-21-39)54(57)60-49-34-30-42-12-7-9-14-47(42)51(49)52-48-15-10-8-13-43(48)31-35-50(52)61-55(58)45-26-22-40(23-27-45)41-28-32-46(33-29-41)59-53(56)36(2)3/h7-10,12-15,20-35,37-38H,2,4-6,11,16-19H2,1,3H3. The molecule has 306 valence electrons. The summed E-state index contributed by atoms with van der Waals surface area (Å²) < 4.78 is 17.9. The Morgan fingerprint density at radius 1 is 0.557 bits per heavy atom. The van der Waals surface area contributed by atoms with Crippen LogP contribution in [-0.2, 0) is 4.79 Å². The molecule has 0 bridgehead atoms. The van der Waals surface area contributed by atoms with Gasteiger partial charge in [-0.2, -0.15) is 0 Å². The van der Waals surface area contributed by atoms with Crippen LogP contribution in [0.25, 0.3) is 43.8 Å². The smallest absolute Gasteiger partial charge is 0.343 e. The average Bonchev–Trinajstić information content (AvgIpc) is 3.29. The number of hydrogen-bond acceptors (Lipinski definition) is 6. The van der Waals surface area contributed by atoms with Gasteiger partial charge in [0.05, 0.1) is 11.1 Å². The molecule has 61 heavy (non-hydrogen) atoms. The Morgan fingerprint density at radius 3 is 1.56 bits per heavy atom. The van der Waals surface area contributed by atoms with Crippen molar-refractivity contribution in [2.75, 3.05) is 0 Å². The molecular weight excluding hydrogens is 757 g/mol. The molecule has 0 aromatic heterocycles. The average molecular weight is 807 g/mol. The molecule has 8 rings (SSSR count). The molecule has 1 fully saturated rings. The van der Waals surface area contributed by atoms with Gasteiger partial charge in [-0.05, 0) is 131 Å². The zero-order valence-electron chi connectivity index (χ0n) is 34.8. The maximum absolute atomic E-state index is 14.0. The highest BCUT2D eigenvalue weighted by Gasteiger charge is 2.25. The van der Waals surface area contributed by atoms with Crippen LogP contribution in [0.3, 0.4) is 0 Å². The van der Waals surface area contributed by atoms with Crippen LogP contribution in [0, 0.1) is 5.92 Å². The quantitative estimate of drug-likeness (QED) is 0.0500. The second-order valence-electron chi connectivity index (χ2n) is 16.2. The minimum absolute atomic E-state index is 0.319. The first-order chi connectivity index (χ1) is 29.7. The number of ether oxygens (including phenoxy) is 3. The van der Waals surface area contributed by atoms with Gasteiger partial charge in [0.2, 0.25) is 0 Å². The van der Waals surface area contributed by atoms with Crippen molar-refractivity contribution in [3.05, 3.63) is 174 Å². The second kappa shape index (κ2) is 18.6. The highest BCUT2D eigenvalue weighted by Crippen LogP contribution is 2.46. The molecule has 0 radical (unpaired) electrons. The first-order valence-corrected chi connectivity index (χ1v) is 21.4. The van der Waals surface area contributed by atoms with Crippen molar-refractivity contribution >= 4 is 39.5 Å². The van der Waals surface area contributed by atoms with Crippen molar-refractivity contribution in [3.8, 4) is 39.5 Å². The van der Waals surface area contributed by atoms with Crippen molar-refractivity contribution in [1.29, 1.82) is 0 Å². The SMILES string of the molecule is C=C(C)C(=O)Oc1ccc(-c2ccc(C(=O)Oc3ccc4ccccc4c3-c3c(OC(=O)c4ccc(C5CCC(CCCCC)CC5)cc4)ccc4ccccc34)cc2)cc1. The summed E-state index contributed by atoms with van der Waals surface area (Å²) in [5.74, 6) is 1.01. The Hall–Kier alpha value is -6.79. The van der Waals surface area contributed by atoms with E-state index in [-0.39, 0.29) is 0 Å². The zero-order valence-corrected chi connectivity index (χ0v) is 34.8. The molecule has 0 spiro atoms. The number of hydrogen-bond donors (Lipinski definition) is 0. The fraction of sp³-hybridized carbons (Fsp3) is 0.218. The molecule has 0 unspecified atom stereocenters. The molecule has 1 aliphatic carbocycles. The lowest BCUT2D eigenvalue weighted by Crippen LogP contribution is -2.14. The first-order valence-electron chi connectivity index (χ1n) is 21.4. The molecule has 7 aromatic rings. The molecule has 0 aliphatic heterocycles. The summed E-state index contributed by atoms with van der Waals surface area (Å²) >= 11 is 0. The summed E-state index contributed by atoms with van der Waals surface area (Å²) in [6.07, 6.45) is 10.2. The summed E-state index contributed by atoms with van der Waals surface area (Å²) in [7, 11) is 0. The van der Waals surface area contributed by atoms with Crippen LogP contribution in [0.1, 0.15) is 97.4 Å². The van der Waals surface area contributed by atoms with Crippen LogP contribution in [0.5, 0.6) is 17.2 Å². The van der Waals surface area contributed by atoms with Gasteiger partial charge in [-0.1, -0.05) is 136 Å². The van der Waals surface area contributed by atoms with E-state index < -0.39 is 17.9 Å². The summed E-state index contributed by atoms with van der Waals surface area (Å²) in [6, 6.07) is 45.6. The molecule has 1 saturated carbocycles. The van der Waals surface area contributed by atoms with Gasteiger partial charge in [-0.25, -0.2) is 14.4 Å². The molecular formula is C55H50O6. The van der Waals surface area contributed by atoms with Crippen LogP contribution in [-0.4, -0.2) is 17.9 Å². The number of carbonyl (C=O) groups is 3. The van der Waals surface area contributed by atoms with Crippen LogP contribution < -0.4 is 14.2 Å². The third-order valence-corrected chi connectivity index (χ3v) is 12.0. The van der Waals surface area contributed by atoms with Gasteiger partial charge in [-0.15, -0.1) is 0 Å². The minimum Gasteiger partial charge on any atom is -0.423 e. The number of benzene rings is 7. The second-order valence-corrected chi connectivity index (χ2v) is 16.2. The van der Waals surface area contributed by atoms with E-state index >= 15 is 0 Å². The van der Waals surface area contributed by atoms with Gasteiger partial charge in [0, 0.05) is 16.7 Å². The Bertz CT molecular complexity index is 2700. The van der Waals surface area contributed by atoms with E-state index in [0.29, 0.717) is 51.0 Å². The fourth-order valence-corrected chi connectivity index (χ4v) is 8.57. The number of rotatable bonds is 13. The van der Waals surface area contributed by atoms with E-state index in [1.165, 1.54) is 56.9 Å². The predicted octanol–water partition coefficient (Wildman–Crippen LogP) is 14.1. The molecule has 1 aliphatic rings. The third kappa shape index (κ3) is 9.34. The lowest BCUT2D eigenvalue weighted by Gasteiger charge is -2.29. The molecule has 7 aromatic carbocycles. The third-order valence-electron chi connectivity index (χ3n) is 12.0. The summed E-state index contributed by atoms with van der Waals surface area (Å²) in [4.78, 5) is 39.9. The maximum atomic E-state index is 14.0. The van der Waals surface area contributed by atoms with Gasteiger partial charge >= 0.3 is 17.9 Å². The molecule has 0 heterocycles. The molecule has 0 saturated heterocycles. The number of unbranched alkanes of at least 4 members (excludes halogenated alkanes) is 2. The van der Waals surface area contributed by atoms with Crippen molar-refractivity contribution in [2.24, 2.45) is 5.92 Å². The van der Waals surface area contributed by atoms with Crippen molar-refractivity contribution < 1.29 is 28.6 Å². The van der Waals surface area contributed by atoms with Gasteiger partial charge in [0.25, 0.3) is 0 Å². The lowest BCUT2D eigenvalue weighted by molar-refractivity contribution is -0.130. The first kappa shape index (κ1) is 41.0. The van der Waals surface area contributed by atoms with Crippen LogP contribution in [0.4, 0.5) is 0 Å². The maximum Gasteiger partial charge on any atom is 0.343 e. The fourth-order valence-electron chi connectivity index (χ4n) is 8.57. The van der Waals surface area contributed by atoms with E-state index in [2.05, 4.69) is 25.6 Å². The largest absolute Gasteiger partial charge is 0.423 e. The van der Waals surface area contributed by atoms with Crippen LogP contribution >= 0.6 is 0 Å². The van der Waals surface area contributed by atoms with Crippen LogP contribution in [0.15, 0.2) is 158 Å². The van der Waals surface area contributed by atoms with Gasteiger partial charge in [0.1, 0.15) is 17.2 Å². The van der Waals surface area contributed by atoms with Crippen LogP contribution in [0.2, 0.25) is 0 Å². The topological polar surface area (TPSA) is 78.9 Å². The Kier molecular flexibility index (Phi) is 12.5. The molecule has 0 N–H and O–H groups in total. The number of fused-ring (bicyclic) bond motifs is 2. The normalized spacial score (nSPS) is 15.0. The van der Waals surface area contributed by atoms with E-state index in [0.717, 1.165) is 38.6 Å². The van der Waals surface area contributed by atoms with Crippen molar-refractivity contribution in [3.63, 3.8) is 0 Å². The van der Waals surface area contributed by atoms with Gasteiger partial charge < -0.3 is 14.2 Å². The molecule has 0 amide bonds. The van der Waals surface area contributed by atoms with E-state index in [1.54, 1.807) is 37.3 Å². The minimum atomic E-state index is -0.533. The highest BCUT2D eigenvalue weighted by atomic mass is 16.5. The summed E-state index contributed by atoms with van der Waals surface area (Å²) in [5.41, 5.74) is 5.51. The summed E-state index contributed by atoms with van der Waals surface area (Å²) in [6.45, 7) is 7.49. The lowest BCUT2D eigenvalue weighted by atomic mass is 9.77. The Morgan fingerprint density at radius 2 is 1.05 bits per heavy atom. The summed E-state index contributed by atoms with van der Waals surface area (Å²) in [5, 5.41) is 3.59. The Balaban J connectivity index is 1.06.